The third-order valence-electron chi connectivity index (χ3n) is 2.00. The van der Waals surface area contributed by atoms with Crippen LogP contribution in [0.2, 0.25) is 10.0 Å². The summed E-state index contributed by atoms with van der Waals surface area (Å²) in [6, 6.07) is 4.69. The van der Waals surface area contributed by atoms with Gasteiger partial charge in [-0.3, -0.25) is 4.55 Å². The van der Waals surface area contributed by atoms with Gasteiger partial charge >= 0.3 is 0 Å². The normalized spacial score (nSPS) is 13.8. The van der Waals surface area contributed by atoms with Crippen LogP contribution >= 0.6 is 34.8 Å². The average molecular weight is 304 g/mol. The standard InChI is InChI=1S/C9H9Cl3O3S/c10-4-6(5-16(13,14)15)8-2-1-7(11)3-9(8)12/h1-3,6H,4-5H2,(H,13,14,15). The molecule has 0 radical (unpaired) electrons. The lowest BCUT2D eigenvalue weighted by molar-refractivity contribution is 0.479. The molecule has 3 nitrogen and oxygen atoms in total. The van der Waals surface area contributed by atoms with Crippen LogP contribution in [0.1, 0.15) is 11.5 Å². The van der Waals surface area contributed by atoms with Crippen molar-refractivity contribution in [3.05, 3.63) is 33.8 Å². The lowest BCUT2D eigenvalue weighted by Gasteiger charge is -2.14. The zero-order chi connectivity index (χ0) is 12.3. The Morgan fingerprint density at radius 2 is 1.94 bits per heavy atom. The molecule has 0 aromatic heterocycles. The van der Waals surface area contributed by atoms with Crippen LogP contribution < -0.4 is 0 Å². The minimum Gasteiger partial charge on any atom is -0.286 e. The molecule has 0 amide bonds. The average Bonchev–Trinajstić information content (AvgIpc) is 2.13. The summed E-state index contributed by atoms with van der Waals surface area (Å²) in [5.74, 6) is -0.972. The van der Waals surface area contributed by atoms with Crippen LogP contribution in [0.4, 0.5) is 0 Å². The predicted octanol–water partition coefficient (Wildman–Crippen LogP) is 3.20. The lowest BCUT2D eigenvalue weighted by Crippen LogP contribution is -2.15. The third-order valence-corrected chi connectivity index (χ3v) is 3.76. The molecule has 0 saturated heterocycles. The fourth-order valence-corrected chi connectivity index (χ4v) is 3.08. The minimum absolute atomic E-state index is 0.0428. The second-order valence-electron chi connectivity index (χ2n) is 3.27. The van der Waals surface area contributed by atoms with Crippen LogP contribution in [-0.2, 0) is 10.1 Å². The molecular weight excluding hydrogens is 295 g/mol. The summed E-state index contributed by atoms with van der Waals surface area (Å²) in [4.78, 5) is 0. The highest BCUT2D eigenvalue weighted by atomic mass is 35.5. The van der Waals surface area contributed by atoms with Crippen LogP contribution in [0.5, 0.6) is 0 Å². The van der Waals surface area contributed by atoms with Crippen molar-refractivity contribution in [1.82, 2.24) is 0 Å². The molecule has 16 heavy (non-hydrogen) atoms. The molecule has 0 bridgehead atoms. The highest BCUT2D eigenvalue weighted by Gasteiger charge is 2.20. The van der Waals surface area contributed by atoms with Crippen molar-refractivity contribution in [3.63, 3.8) is 0 Å². The Kier molecular flexibility index (Phi) is 4.88. The Labute approximate surface area is 109 Å². The summed E-state index contributed by atoms with van der Waals surface area (Å²) in [6.45, 7) is 0. The largest absolute Gasteiger partial charge is 0.286 e. The molecule has 1 rings (SSSR count). The summed E-state index contributed by atoms with van der Waals surface area (Å²) in [5, 5.41) is 0.788. The van der Waals surface area contributed by atoms with Gasteiger partial charge in [0, 0.05) is 21.8 Å². The summed E-state index contributed by atoms with van der Waals surface area (Å²) in [7, 11) is -4.09. The van der Waals surface area contributed by atoms with E-state index >= 15 is 0 Å². The first-order chi connectivity index (χ1) is 7.33. The number of hydrogen-bond donors (Lipinski definition) is 1. The third kappa shape index (κ3) is 4.11. The zero-order valence-corrected chi connectivity index (χ0v) is 11.1. The molecule has 7 heteroatoms. The Morgan fingerprint density at radius 3 is 2.38 bits per heavy atom. The topological polar surface area (TPSA) is 54.4 Å². The Hall–Kier alpha value is -0.000000000000000111. The fraction of sp³-hybridized carbons (Fsp3) is 0.333. The molecule has 1 aromatic carbocycles. The lowest BCUT2D eigenvalue weighted by atomic mass is 10.0. The van der Waals surface area contributed by atoms with Crippen molar-refractivity contribution in [2.45, 2.75) is 5.92 Å². The minimum atomic E-state index is -4.09. The van der Waals surface area contributed by atoms with Gasteiger partial charge in [0.2, 0.25) is 0 Å². The first kappa shape index (κ1) is 14.1. The number of hydrogen-bond acceptors (Lipinski definition) is 2. The molecule has 0 heterocycles. The number of alkyl halides is 1. The van der Waals surface area contributed by atoms with E-state index in [-0.39, 0.29) is 5.88 Å². The fourth-order valence-electron chi connectivity index (χ4n) is 1.30. The second-order valence-corrected chi connectivity index (χ2v) is 5.92. The summed E-state index contributed by atoms with van der Waals surface area (Å²) < 4.78 is 30.3. The summed E-state index contributed by atoms with van der Waals surface area (Å²) in [6.07, 6.45) is 0. The van der Waals surface area contributed by atoms with E-state index in [0.717, 1.165) is 0 Å². The van der Waals surface area contributed by atoms with Gasteiger partial charge in [0.05, 0.1) is 5.75 Å². The maximum atomic E-state index is 10.8. The molecule has 1 unspecified atom stereocenters. The van der Waals surface area contributed by atoms with Gasteiger partial charge in [-0.25, -0.2) is 0 Å². The van der Waals surface area contributed by atoms with E-state index in [4.69, 9.17) is 39.4 Å². The van der Waals surface area contributed by atoms with Gasteiger partial charge in [0.1, 0.15) is 0 Å². The monoisotopic (exact) mass is 302 g/mol. The number of benzene rings is 1. The molecule has 0 fully saturated rings. The van der Waals surface area contributed by atoms with Crippen LogP contribution in [0.15, 0.2) is 18.2 Å². The molecule has 0 saturated carbocycles. The van der Waals surface area contributed by atoms with Crippen LogP contribution in [0.25, 0.3) is 0 Å². The molecule has 0 aliphatic heterocycles. The highest BCUT2D eigenvalue weighted by molar-refractivity contribution is 7.85. The number of rotatable bonds is 4. The van der Waals surface area contributed by atoms with E-state index in [1.807, 2.05) is 0 Å². The van der Waals surface area contributed by atoms with Gasteiger partial charge in [-0.1, -0.05) is 29.3 Å². The Bertz CT molecular complexity index is 473. The molecular formula is C9H9Cl3O3S. The van der Waals surface area contributed by atoms with E-state index in [0.29, 0.717) is 15.6 Å². The molecule has 0 aliphatic carbocycles. The molecule has 1 N–H and O–H groups in total. The van der Waals surface area contributed by atoms with Crippen molar-refractivity contribution in [2.75, 3.05) is 11.6 Å². The van der Waals surface area contributed by atoms with Crippen LogP contribution in [0.3, 0.4) is 0 Å². The smallest absolute Gasteiger partial charge is 0.265 e. The van der Waals surface area contributed by atoms with Gasteiger partial charge in [0.15, 0.2) is 0 Å². The second kappa shape index (κ2) is 5.56. The first-order valence-electron chi connectivity index (χ1n) is 4.29. The van der Waals surface area contributed by atoms with Crippen molar-refractivity contribution in [2.24, 2.45) is 0 Å². The SMILES string of the molecule is O=S(=O)(O)CC(CCl)c1ccc(Cl)cc1Cl. The van der Waals surface area contributed by atoms with Gasteiger partial charge in [-0.2, -0.15) is 8.42 Å². The van der Waals surface area contributed by atoms with E-state index in [9.17, 15) is 8.42 Å². The molecule has 0 aliphatic rings. The van der Waals surface area contributed by atoms with E-state index in [1.54, 1.807) is 12.1 Å². The van der Waals surface area contributed by atoms with Crippen molar-refractivity contribution >= 4 is 44.9 Å². The quantitative estimate of drug-likeness (QED) is 0.686. The van der Waals surface area contributed by atoms with Crippen LogP contribution in [-0.4, -0.2) is 24.6 Å². The number of halogens is 3. The zero-order valence-electron chi connectivity index (χ0n) is 8.03. The summed E-state index contributed by atoms with van der Waals surface area (Å²) in [5.41, 5.74) is 0.554. The molecule has 1 aromatic rings. The van der Waals surface area contributed by atoms with E-state index in [1.165, 1.54) is 6.07 Å². The van der Waals surface area contributed by atoms with Gasteiger partial charge in [-0.05, 0) is 17.7 Å². The van der Waals surface area contributed by atoms with Crippen LogP contribution in [0, 0.1) is 0 Å². The van der Waals surface area contributed by atoms with Crippen molar-refractivity contribution in [3.8, 4) is 0 Å². The Balaban J connectivity index is 3.04. The van der Waals surface area contributed by atoms with E-state index in [2.05, 4.69) is 0 Å². The Morgan fingerprint density at radius 1 is 1.31 bits per heavy atom. The highest BCUT2D eigenvalue weighted by Crippen LogP contribution is 2.29. The van der Waals surface area contributed by atoms with Crippen molar-refractivity contribution in [1.29, 1.82) is 0 Å². The summed E-state index contributed by atoms with van der Waals surface area (Å²) >= 11 is 17.3. The maximum Gasteiger partial charge on any atom is 0.265 e. The van der Waals surface area contributed by atoms with Crippen molar-refractivity contribution < 1.29 is 13.0 Å². The molecule has 90 valence electrons. The first-order valence-corrected chi connectivity index (χ1v) is 7.19. The predicted molar refractivity (Wildman–Crippen MR) is 66.3 cm³/mol. The van der Waals surface area contributed by atoms with Gasteiger partial charge in [-0.15, -0.1) is 11.6 Å². The molecule has 0 spiro atoms. The maximum absolute atomic E-state index is 10.8. The molecule has 1 atom stereocenters. The van der Waals surface area contributed by atoms with E-state index < -0.39 is 21.8 Å². The van der Waals surface area contributed by atoms with Gasteiger partial charge in [0.25, 0.3) is 10.1 Å². The van der Waals surface area contributed by atoms with Gasteiger partial charge < -0.3 is 0 Å².